The van der Waals surface area contributed by atoms with Crippen LogP contribution in [-0.2, 0) is 18.6 Å². The normalized spacial score (nSPS) is 13.0. The van der Waals surface area contributed by atoms with Crippen LogP contribution in [0.3, 0.4) is 0 Å². The highest BCUT2D eigenvalue weighted by atomic mass is 28.4. The van der Waals surface area contributed by atoms with Crippen molar-refractivity contribution in [2.75, 3.05) is 66.4 Å². The van der Waals surface area contributed by atoms with Crippen molar-refractivity contribution < 1.29 is 18.6 Å². The van der Waals surface area contributed by atoms with E-state index in [0.29, 0.717) is 39.6 Å². The van der Waals surface area contributed by atoms with Gasteiger partial charge in [-0.05, 0) is 31.7 Å². The van der Waals surface area contributed by atoms with Crippen LogP contribution >= 0.6 is 0 Å². The van der Waals surface area contributed by atoms with Crippen LogP contribution in [0, 0.1) is 0 Å². The van der Waals surface area contributed by atoms with E-state index in [1.165, 1.54) is 0 Å². The van der Waals surface area contributed by atoms with Crippen LogP contribution in [0.15, 0.2) is 0 Å². The number of hydrogen-bond donors (Lipinski definition) is 0. The van der Waals surface area contributed by atoms with Crippen molar-refractivity contribution in [3.05, 3.63) is 0 Å². The maximum Gasteiger partial charge on any atom is 0.192 e. The first-order valence-electron chi connectivity index (χ1n) is 8.76. The van der Waals surface area contributed by atoms with Crippen molar-refractivity contribution in [2.45, 2.75) is 45.8 Å². The van der Waals surface area contributed by atoms with Crippen molar-refractivity contribution in [1.29, 1.82) is 0 Å². The summed E-state index contributed by atoms with van der Waals surface area (Å²) >= 11 is 0. The third-order valence-corrected chi connectivity index (χ3v) is 8.94. The summed E-state index contributed by atoms with van der Waals surface area (Å²) in [6.07, 6.45) is 0. The van der Waals surface area contributed by atoms with Crippen LogP contribution < -0.4 is 0 Å². The van der Waals surface area contributed by atoms with E-state index in [1.54, 1.807) is 0 Å². The molecule has 5 nitrogen and oxygen atoms in total. The summed E-state index contributed by atoms with van der Waals surface area (Å²) < 4.78 is 22.6. The van der Waals surface area contributed by atoms with Crippen LogP contribution in [0.1, 0.15) is 27.7 Å². The molecule has 0 aromatic carbocycles. The van der Waals surface area contributed by atoms with Gasteiger partial charge >= 0.3 is 0 Å². The fourth-order valence-electron chi connectivity index (χ4n) is 1.49. The lowest BCUT2D eigenvalue weighted by atomic mass is 10.2. The molecule has 0 aliphatic carbocycles. The van der Waals surface area contributed by atoms with E-state index in [4.69, 9.17) is 18.6 Å². The lowest BCUT2D eigenvalue weighted by Crippen LogP contribution is -2.41. The Morgan fingerprint density at radius 1 is 0.783 bits per heavy atom. The molecule has 0 atom stereocenters. The van der Waals surface area contributed by atoms with E-state index >= 15 is 0 Å². The summed E-state index contributed by atoms with van der Waals surface area (Å²) in [5.41, 5.74) is 0. The molecule has 0 saturated carbocycles. The fraction of sp³-hybridized carbons (Fsp3) is 1.00. The number of hydrogen-bond acceptors (Lipinski definition) is 5. The van der Waals surface area contributed by atoms with Crippen LogP contribution in [0.5, 0.6) is 0 Å². The average Bonchev–Trinajstić information content (AvgIpc) is 2.46. The molecule has 0 amide bonds. The number of likely N-dealkylation sites (N-methyl/N-ethyl adjacent to an activating group) is 1. The molecule has 0 spiro atoms. The van der Waals surface area contributed by atoms with Crippen LogP contribution in [0.25, 0.3) is 0 Å². The zero-order valence-corrected chi connectivity index (χ0v) is 17.4. The summed E-state index contributed by atoms with van der Waals surface area (Å²) in [7, 11) is 0.448. The Bertz CT molecular complexity index is 282. The molecule has 0 aromatic rings. The Morgan fingerprint density at radius 2 is 1.22 bits per heavy atom. The van der Waals surface area contributed by atoms with Crippen LogP contribution in [-0.4, -0.2) is 79.6 Å². The molecule has 0 aliphatic heterocycles. The minimum absolute atomic E-state index is 0.252. The summed E-state index contributed by atoms with van der Waals surface area (Å²) in [5.74, 6) is 0. The largest absolute Gasteiger partial charge is 0.414 e. The zero-order valence-electron chi connectivity index (χ0n) is 16.4. The van der Waals surface area contributed by atoms with E-state index < -0.39 is 8.32 Å². The summed E-state index contributed by atoms with van der Waals surface area (Å²) in [4.78, 5) is 2.22. The Hall–Kier alpha value is 0.0169. The lowest BCUT2D eigenvalue weighted by molar-refractivity contribution is 0.00629. The SMILES string of the molecule is CCN(C)CCOCCOCCOCCO[Si](C)(C)C(C)(C)C. The second-order valence-electron chi connectivity index (χ2n) is 7.34. The minimum Gasteiger partial charge on any atom is -0.414 e. The zero-order chi connectivity index (χ0) is 17.8. The number of rotatable bonds is 14. The predicted molar refractivity (Wildman–Crippen MR) is 98.8 cm³/mol. The first-order chi connectivity index (χ1) is 10.7. The molecule has 0 heterocycles. The van der Waals surface area contributed by atoms with Gasteiger partial charge in [0.15, 0.2) is 8.32 Å². The van der Waals surface area contributed by atoms with Crippen molar-refractivity contribution in [3.63, 3.8) is 0 Å². The molecule has 0 radical (unpaired) electrons. The average molecular weight is 350 g/mol. The van der Waals surface area contributed by atoms with Gasteiger partial charge in [0.2, 0.25) is 0 Å². The topological polar surface area (TPSA) is 40.2 Å². The standard InChI is InChI=1S/C17H39NO4Si/c1-8-18(5)9-10-19-11-12-20-13-14-21-15-16-22-23(6,7)17(2,3)4/h8-16H2,1-7H3. The van der Waals surface area contributed by atoms with Crippen LogP contribution in [0.2, 0.25) is 18.1 Å². The summed E-state index contributed by atoms with van der Waals surface area (Å²) in [5, 5.41) is 0.252. The Morgan fingerprint density at radius 3 is 1.65 bits per heavy atom. The van der Waals surface area contributed by atoms with Gasteiger partial charge in [-0.15, -0.1) is 0 Å². The molecule has 0 aromatic heterocycles. The van der Waals surface area contributed by atoms with Crippen molar-refractivity contribution in [2.24, 2.45) is 0 Å². The van der Waals surface area contributed by atoms with E-state index in [1.807, 2.05) is 0 Å². The maximum atomic E-state index is 6.04. The Labute approximate surface area is 144 Å². The van der Waals surface area contributed by atoms with Crippen LogP contribution in [0.4, 0.5) is 0 Å². The quantitative estimate of drug-likeness (QED) is 0.356. The molecule has 0 fully saturated rings. The maximum absolute atomic E-state index is 6.04. The molecule has 0 saturated heterocycles. The Balaban J connectivity index is 3.32. The molecule has 0 rings (SSSR count). The van der Waals surface area contributed by atoms with Crippen molar-refractivity contribution >= 4 is 8.32 Å². The predicted octanol–water partition coefficient (Wildman–Crippen LogP) is 3.01. The smallest absolute Gasteiger partial charge is 0.192 e. The van der Waals surface area contributed by atoms with Crippen molar-refractivity contribution in [3.8, 4) is 0 Å². The minimum atomic E-state index is -1.64. The molecular formula is C17H39NO4Si. The van der Waals surface area contributed by atoms with Gasteiger partial charge in [-0.2, -0.15) is 0 Å². The van der Waals surface area contributed by atoms with E-state index in [-0.39, 0.29) is 5.04 Å². The fourth-order valence-corrected chi connectivity index (χ4v) is 2.52. The third-order valence-electron chi connectivity index (χ3n) is 4.40. The molecule has 140 valence electrons. The first-order valence-corrected chi connectivity index (χ1v) is 11.7. The monoisotopic (exact) mass is 349 g/mol. The highest BCUT2D eigenvalue weighted by Crippen LogP contribution is 2.36. The number of nitrogens with zero attached hydrogens (tertiary/aromatic N) is 1. The van der Waals surface area contributed by atoms with Gasteiger partial charge in [0.1, 0.15) is 0 Å². The van der Waals surface area contributed by atoms with Gasteiger partial charge in [0.05, 0.1) is 46.2 Å². The van der Waals surface area contributed by atoms with E-state index in [9.17, 15) is 0 Å². The van der Waals surface area contributed by atoms with Gasteiger partial charge in [-0.3, -0.25) is 0 Å². The molecule has 0 aliphatic rings. The highest BCUT2D eigenvalue weighted by Gasteiger charge is 2.36. The lowest BCUT2D eigenvalue weighted by Gasteiger charge is -2.36. The molecule has 23 heavy (non-hydrogen) atoms. The van der Waals surface area contributed by atoms with Gasteiger partial charge in [0.25, 0.3) is 0 Å². The van der Waals surface area contributed by atoms with E-state index in [0.717, 1.165) is 19.7 Å². The van der Waals surface area contributed by atoms with E-state index in [2.05, 4.69) is 52.7 Å². The molecule has 6 heteroatoms. The molecule has 0 N–H and O–H groups in total. The summed E-state index contributed by atoms with van der Waals surface area (Å²) in [6, 6.07) is 0. The van der Waals surface area contributed by atoms with Gasteiger partial charge < -0.3 is 23.5 Å². The molecule has 0 bridgehead atoms. The van der Waals surface area contributed by atoms with Crippen molar-refractivity contribution in [1.82, 2.24) is 4.90 Å². The third kappa shape index (κ3) is 12.1. The second kappa shape index (κ2) is 12.4. The highest BCUT2D eigenvalue weighted by molar-refractivity contribution is 6.74. The Kier molecular flexibility index (Phi) is 12.4. The van der Waals surface area contributed by atoms with Gasteiger partial charge in [-0.1, -0.05) is 27.7 Å². The first kappa shape index (κ1) is 23.0. The number of ether oxygens (including phenoxy) is 3. The molecule has 0 unspecified atom stereocenters. The second-order valence-corrected chi connectivity index (χ2v) is 12.2. The summed E-state index contributed by atoms with van der Waals surface area (Å²) in [6.45, 7) is 20.0. The van der Waals surface area contributed by atoms with Gasteiger partial charge in [0, 0.05) is 6.54 Å². The van der Waals surface area contributed by atoms with Gasteiger partial charge in [-0.25, -0.2) is 0 Å². The molecular weight excluding hydrogens is 310 g/mol.